The van der Waals surface area contributed by atoms with E-state index in [0.29, 0.717) is 5.75 Å². The monoisotopic (exact) mass is 272 g/mol. The molecule has 0 aliphatic carbocycles. The molecule has 0 saturated heterocycles. The van der Waals surface area contributed by atoms with E-state index >= 15 is 0 Å². The Morgan fingerprint density at radius 3 is 2.22 bits per heavy atom. The molecular weight excluding hydrogens is 251 g/mol. The first-order valence-electron chi connectivity index (χ1n) is 6.33. The van der Waals surface area contributed by atoms with Crippen LogP contribution in [0.3, 0.4) is 0 Å². The second-order valence-electron chi connectivity index (χ2n) is 4.18. The van der Waals surface area contributed by atoms with Crippen LogP contribution in [-0.4, -0.2) is 11.0 Å². The highest BCUT2D eigenvalue weighted by Gasteiger charge is 2.27. The van der Waals surface area contributed by atoms with Gasteiger partial charge in [0.05, 0.1) is 6.10 Å². The third kappa shape index (κ3) is 5.67. The maximum absolute atomic E-state index is 11.9. The predicted octanol–water partition coefficient (Wildman–Crippen LogP) is 4.15. The second kappa shape index (κ2) is 7.57. The number of hydrogen-bond acceptors (Lipinski definition) is 3. The second-order valence-corrected chi connectivity index (χ2v) is 5.51. The first-order chi connectivity index (χ1) is 8.57. The minimum Gasteiger partial charge on any atom is -0.404 e. The largest absolute Gasteiger partial charge is 0.527 e. The lowest BCUT2D eigenvalue weighted by atomic mass is 10.1. The van der Waals surface area contributed by atoms with Gasteiger partial charge in [0.15, 0.2) is 0 Å². The molecule has 0 fully saturated rings. The van der Waals surface area contributed by atoms with Crippen LogP contribution in [0.2, 0.25) is 0 Å². The van der Waals surface area contributed by atoms with Gasteiger partial charge in [0, 0.05) is 0 Å². The van der Waals surface area contributed by atoms with Crippen molar-refractivity contribution in [3.8, 4) is 5.75 Å². The van der Waals surface area contributed by atoms with Crippen molar-refractivity contribution in [2.24, 2.45) is 0 Å². The van der Waals surface area contributed by atoms with Crippen molar-refractivity contribution in [3.05, 3.63) is 30.3 Å². The predicted molar refractivity (Wildman–Crippen MR) is 71.6 cm³/mol. The highest BCUT2D eigenvalue weighted by molar-refractivity contribution is 7.47. The number of benzene rings is 1. The van der Waals surface area contributed by atoms with E-state index in [1.54, 1.807) is 24.3 Å². The standard InChI is InChI=1S/C13H21O4P/c1-3-8-12(9-4-2)16-18(14,15)17-13-10-6-5-7-11-13/h5-7,10-12H,3-4,8-9H2,1-2H3,(H,14,15). The summed E-state index contributed by atoms with van der Waals surface area (Å²) in [5.41, 5.74) is 0. The molecule has 0 aromatic heterocycles. The van der Waals surface area contributed by atoms with Crippen molar-refractivity contribution >= 4 is 7.82 Å². The Morgan fingerprint density at radius 1 is 1.17 bits per heavy atom. The molecule has 1 unspecified atom stereocenters. The molecule has 1 N–H and O–H groups in total. The van der Waals surface area contributed by atoms with Gasteiger partial charge >= 0.3 is 7.82 Å². The van der Waals surface area contributed by atoms with Crippen molar-refractivity contribution in [3.63, 3.8) is 0 Å². The lowest BCUT2D eigenvalue weighted by Crippen LogP contribution is -2.12. The summed E-state index contributed by atoms with van der Waals surface area (Å²) in [4.78, 5) is 9.70. The van der Waals surface area contributed by atoms with Gasteiger partial charge in [-0.05, 0) is 25.0 Å². The van der Waals surface area contributed by atoms with E-state index in [1.165, 1.54) is 0 Å². The van der Waals surface area contributed by atoms with E-state index in [2.05, 4.69) is 0 Å². The van der Waals surface area contributed by atoms with Gasteiger partial charge in [-0.25, -0.2) is 4.57 Å². The molecule has 5 heteroatoms. The molecule has 1 aromatic carbocycles. The van der Waals surface area contributed by atoms with E-state index in [0.717, 1.165) is 25.7 Å². The summed E-state index contributed by atoms with van der Waals surface area (Å²) >= 11 is 0. The van der Waals surface area contributed by atoms with Crippen molar-refractivity contribution in [1.29, 1.82) is 0 Å². The van der Waals surface area contributed by atoms with Gasteiger partial charge in [-0.2, -0.15) is 0 Å². The quantitative estimate of drug-likeness (QED) is 0.722. The van der Waals surface area contributed by atoms with Gasteiger partial charge in [0.25, 0.3) is 0 Å². The van der Waals surface area contributed by atoms with Crippen LogP contribution in [0.1, 0.15) is 39.5 Å². The van der Waals surface area contributed by atoms with Crippen molar-refractivity contribution < 1.29 is 18.5 Å². The molecule has 4 nitrogen and oxygen atoms in total. The Labute approximate surface area is 109 Å². The highest BCUT2D eigenvalue weighted by Crippen LogP contribution is 2.46. The zero-order valence-electron chi connectivity index (χ0n) is 10.9. The van der Waals surface area contributed by atoms with Crippen LogP contribution < -0.4 is 4.52 Å². The lowest BCUT2D eigenvalue weighted by molar-refractivity contribution is 0.123. The van der Waals surface area contributed by atoms with Gasteiger partial charge < -0.3 is 4.52 Å². The van der Waals surface area contributed by atoms with E-state index in [-0.39, 0.29) is 6.10 Å². The van der Waals surface area contributed by atoms with Crippen LogP contribution in [0, 0.1) is 0 Å². The molecule has 0 aliphatic heterocycles. The minimum atomic E-state index is -4.03. The number of rotatable bonds is 8. The Balaban J connectivity index is 2.59. The molecule has 102 valence electrons. The molecule has 1 rings (SSSR count). The van der Waals surface area contributed by atoms with E-state index in [1.807, 2.05) is 19.9 Å². The topological polar surface area (TPSA) is 55.8 Å². The van der Waals surface area contributed by atoms with Crippen LogP contribution >= 0.6 is 7.82 Å². The summed E-state index contributed by atoms with van der Waals surface area (Å²) in [6.07, 6.45) is 3.12. The number of hydrogen-bond donors (Lipinski definition) is 1. The molecule has 0 radical (unpaired) electrons. The zero-order valence-corrected chi connectivity index (χ0v) is 11.8. The van der Waals surface area contributed by atoms with Gasteiger partial charge in [0.1, 0.15) is 5.75 Å². The lowest BCUT2D eigenvalue weighted by Gasteiger charge is -2.20. The van der Waals surface area contributed by atoms with E-state index in [9.17, 15) is 9.46 Å². The third-order valence-electron chi connectivity index (χ3n) is 2.47. The number of para-hydroxylation sites is 1. The van der Waals surface area contributed by atoms with Gasteiger partial charge in [0.2, 0.25) is 0 Å². The molecule has 0 amide bonds. The fourth-order valence-electron chi connectivity index (χ4n) is 1.72. The third-order valence-corrected chi connectivity index (χ3v) is 3.47. The first kappa shape index (κ1) is 15.2. The van der Waals surface area contributed by atoms with E-state index < -0.39 is 7.82 Å². The summed E-state index contributed by atoms with van der Waals surface area (Å²) in [7, 11) is -4.03. The Morgan fingerprint density at radius 2 is 1.72 bits per heavy atom. The fourth-order valence-corrected chi connectivity index (χ4v) is 2.74. The summed E-state index contributed by atoms with van der Waals surface area (Å²) in [6, 6.07) is 8.55. The molecule has 0 heterocycles. The highest BCUT2D eigenvalue weighted by atomic mass is 31.2. The van der Waals surface area contributed by atoms with Crippen LogP contribution in [0.25, 0.3) is 0 Å². The fraction of sp³-hybridized carbons (Fsp3) is 0.538. The molecule has 18 heavy (non-hydrogen) atoms. The van der Waals surface area contributed by atoms with Gasteiger partial charge in [-0.1, -0.05) is 44.9 Å². The normalized spacial score (nSPS) is 14.4. The average molecular weight is 272 g/mol. The smallest absolute Gasteiger partial charge is 0.404 e. The molecule has 1 atom stereocenters. The van der Waals surface area contributed by atoms with Crippen molar-refractivity contribution in [1.82, 2.24) is 0 Å². The molecule has 1 aromatic rings. The molecule has 0 saturated carbocycles. The summed E-state index contributed by atoms with van der Waals surface area (Å²) < 4.78 is 22.1. The summed E-state index contributed by atoms with van der Waals surface area (Å²) in [5.74, 6) is 0.343. The number of phosphoric acid groups is 1. The Kier molecular flexibility index (Phi) is 6.41. The summed E-state index contributed by atoms with van der Waals surface area (Å²) in [5, 5.41) is 0. The van der Waals surface area contributed by atoms with Crippen molar-refractivity contribution in [2.75, 3.05) is 0 Å². The minimum absolute atomic E-state index is 0.223. The average Bonchev–Trinajstić information content (AvgIpc) is 2.29. The van der Waals surface area contributed by atoms with Crippen LogP contribution in [-0.2, 0) is 9.09 Å². The first-order valence-corrected chi connectivity index (χ1v) is 7.82. The Bertz CT molecular complexity index is 374. The molecular formula is C13H21O4P. The van der Waals surface area contributed by atoms with Crippen molar-refractivity contribution in [2.45, 2.75) is 45.6 Å². The Hall–Kier alpha value is -0.830. The molecule has 0 spiro atoms. The van der Waals surface area contributed by atoms with Crippen LogP contribution in [0.4, 0.5) is 0 Å². The van der Waals surface area contributed by atoms with E-state index in [4.69, 9.17) is 9.05 Å². The zero-order chi connectivity index (χ0) is 13.4. The molecule has 0 aliphatic rings. The van der Waals surface area contributed by atoms with Gasteiger partial charge in [-0.3, -0.25) is 9.42 Å². The maximum atomic E-state index is 11.9. The number of phosphoric ester groups is 1. The van der Waals surface area contributed by atoms with Crippen LogP contribution in [0.15, 0.2) is 30.3 Å². The summed E-state index contributed by atoms with van der Waals surface area (Å²) in [6.45, 7) is 4.04. The SMILES string of the molecule is CCCC(CCC)OP(=O)(O)Oc1ccccc1. The molecule has 0 bridgehead atoms. The van der Waals surface area contributed by atoms with Crippen LogP contribution in [0.5, 0.6) is 5.75 Å². The maximum Gasteiger partial charge on any atom is 0.527 e. The van der Waals surface area contributed by atoms with Gasteiger partial charge in [-0.15, -0.1) is 0 Å².